The zero-order valence-corrected chi connectivity index (χ0v) is 6.53. The van der Waals surface area contributed by atoms with Crippen LogP contribution in [0.15, 0.2) is 17.3 Å². The molecule has 0 aliphatic carbocycles. The number of aryl methyl sites for hydroxylation is 1. The van der Waals surface area contributed by atoms with E-state index in [0.717, 1.165) is 5.69 Å². The van der Waals surface area contributed by atoms with Crippen molar-refractivity contribution in [3.8, 4) is 0 Å². The van der Waals surface area contributed by atoms with Crippen molar-refractivity contribution in [1.29, 1.82) is 0 Å². The molecule has 0 bridgehead atoms. The molecule has 2 heterocycles. The third-order valence-electron chi connectivity index (χ3n) is 1.77. The molecule has 2 N–H and O–H groups in total. The zero-order valence-electron chi connectivity index (χ0n) is 6.53. The highest BCUT2D eigenvalue weighted by atomic mass is 16.1. The van der Waals surface area contributed by atoms with Crippen LogP contribution in [0.1, 0.15) is 21.6 Å². The first-order valence-electron chi connectivity index (χ1n) is 3.54. The van der Waals surface area contributed by atoms with Crippen LogP contribution >= 0.6 is 0 Å². The molecule has 1 aromatic heterocycles. The van der Waals surface area contributed by atoms with Gasteiger partial charge in [-0.1, -0.05) is 0 Å². The number of carbonyl (C=O) groups excluding carboxylic acids is 1. The van der Waals surface area contributed by atoms with Gasteiger partial charge in [0.25, 0.3) is 5.91 Å². The summed E-state index contributed by atoms with van der Waals surface area (Å²) in [5, 5.41) is 0. The van der Waals surface area contributed by atoms with E-state index < -0.39 is 0 Å². The minimum Gasteiger partial charge on any atom is -0.383 e. The molecule has 4 heteroatoms. The Hall–Kier alpha value is -1.71. The van der Waals surface area contributed by atoms with Gasteiger partial charge in [0.1, 0.15) is 5.84 Å². The van der Waals surface area contributed by atoms with Gasteiger partial charge in [-0.2, -0.15) is 4.99 Å². The number of aromatic nitrogens is 1. The SMILES string of the molecule is Cc1cc2c(cn1)C(N)=NC2=O. The number of carbonyl (C=O) groups is 1. The largest absolute Gasteiger partial charge is 0.383 e. The second-order valence-corrected chi connectivity index (χ2v) is 2.67. The van der Waals surface area contributed by atoms with E-state index in [9.17, 15) is 4.79 Å². The van der Waals surface area contributed by atoms with E-state index in [2.05, 4.69) is 9.98 Å². The van der Waals surface area contributed by atoms with E-state index >= 15 is 0 Å². The van der Waals surface area contributed by atoms with E-state index in [-0.39, 0.29) is 11.7 Å². The van der Waals surface area contributed by atoms with E-state index in [0.29, 0.717) is 11.1 Å². The van der Waals surface area contributed by atoms with Crippen molar-refractivity contribution >= 4 is 11.7 Å². The van der Waals surface area contributed by atoms with Gasteiger partial charge in [-0.15, -0.1) is 0 Å². The Kier molecular flexibility index (Phi) is 1.24. The molecule has 1 aliphatic rings. The first kappa shape index (κ1) is 6.97. The van der Waals surface area contributed by atoms with Crippen molar-refractivity contribution in [2.75, 3.05) is 0 Å². The van der Waals surface area contributed by atoms with Gasteiger partial charge >= 0.3 is 0 Å². The maximum Gasteiger partial charge on any atom is 0.279 e. The molecule has 0 radical (unpaired) electrons. The summed E-state index contributed by atoms with van der Waals surface area (Å²) in [4.78, 5) is 18.8. The van der Waals surface area contributed by atoms with Crippen LogP contribution in [-0.2, 0) is 0 Å². The summed E-state index contributed by atoms with van der Waals surface area (Å²) in [5.41, 5.74) is 7.47. The number of pyridine rings is 1. The maximum absolute atomic E-state index is 11.1. The van der Waals surface area contributed by atoms with Crippen LogP contribution in [0.25, 0.3) is 0 Å². The summed E-state index contributed by atoms with van der Waals surface area (Å²) >= 11 is 0. The standard InChI is InChI=1S/C8H7N3O/c1-4-2-5-6(3-10-4)7(9)11-8(5)12/h2-3H,1H3,(H2,9,11,12). The quantitative estimate of drug-likeness (QED) is 0.593. The number of hydrogen-bond acceptors (Lipinski definition) is 3. The van der Waals surface area contributed by atoms with Crippen LogP contribution in [0.4, 0.5) is 0 Å². The van der Waals surface area contributed by atoms with Crippen LogP contribution in [0.2, 0.25) is 0 Å². The van der Waals surface area contributed by atoms with Crippen molar-refractivity contribution < 1.29 is 4.79 Å². The molecular weight excluding hydrogens is 154 g/mol. The molecule has 1 aromatic rings. The Morgan fingerprint density at radius 3 is 2.92 bits per heavy atom. The van der Waals surface area contributed by atoms with Gasteiger partial charge in [0.15, 0.2) is 0 Å². The summed E-state index contributed by atoms with van der Waals surface area (Å²) < 4.78 is 0. The molecule has 0 unspecified atom stereocenters. The molecule has 0 atom stereocenters. The lowest BCUT2D eigenvalue weighted by molar-refractivity contribution is 0.101. The smallest absolute Gasteiger partial charge is 0.279 e. The summed E-state index contributed by atoms with van der Waals surface area (Å²) in [6.45, 7) is 1.82. The Labute approximate surface area is 69.1 Å². The average Bonchev–Trinajstić information content (AvgIpc) is 2.28. The molecule has 1 amide bonds. The number of fused-ring (bicyclic) bond motifs is 1. The number of aliphatic imine (C=N–C) groups is 1. The fraction of sp³-hybridized carbons (Fsp3) is 0.125. The van der Waals surface area contributed by atoms with Gasteiger partial charge in [0.2, 0.25) is 0 Å². The number of nitrogens with two attached hydrogens (primary N) is 1. The van der Waals surface area contributed by atoms with Gasteiger partial charge in [-0.25, -0.2) is 0 Å². The topological polar surface area (TPSA) is 68.3 Å². The summed E-state index contributed by atoms with van der Waals surface area (Å²) in [6, 6.07) is 1.70. The fourth-order valence-corrected chi connectivity index (χ4v) is 1.17. The van der Waals surface area contributed by atoms with Gasteiger partial charge < -0.3 is 5.73 Å². The molecule has 1 aliphatic heterocycles. The fourth-order valence-electron chi connectivity index (χ4n) is 1.17. The number of amides is 1. The van der Waals surface area contributed by atoms with Crippen molar-refractivity contribution in [2.45, 2.75) is 6.92 Å². The first-order valence-corrected chi connectivity index (χ1v) is 3.54. The molecule has 0 saturated carbocycles. The lowest BCUT2D eigenvalue weighted by Crippen LogP contribution is -2.10. The van der Waals surface area contributed by atoms with E-state index in [1.165, 1.54) is 0 Å². The van der Waals surface area contributed by atoms with E-state index in [4.69, 9.17) is 5.73 Å². The molecular formula is C8H7N3O. The van der Waals surface area contributed by atoms with Crippen molar-refractivity contribution in [3.63, 3.8) is 0 Å². The monoisotopic (exact) mass is 161 g/mol. The maximum atomic E-state index is 11.1. The van der Waals surface area contributed by atoms with Crippen LogP contribution in [0.5, 0.6) is 0 Å². The summed E-state index contributed by atoms with van der Waals surface area (Å²) in [7, 11) is 0. The summed E-state index contributed by atoms with van der Waals surface area (Å²) in [6.07, 6.45) is 1.58. The Morgan fingerprint density at radius 2 is 2.17 bits per heavy atom. The number of nitrogens with zero attached hydrogens (tertiary/aromatic N) is 2. The molecule has 0 spiro atoms. The Balaban J connectivity index is 2.68. The number of amidine groups is 1. The average molecular weight is 161 g/mol. The van der Waals surface area contributed by atoms with Gasteiger partial charge in [-0.05, 0) is 13.0 Å². The molecule has 0 fully saturated rings. The normalized spacial score (nSPS) is 14.4. The predicted molar refractivity (Wildman–Crippen MR) is 44.0 cm³/mol. The molecule has 60 valence electrons. The van der Waals surface area contributed by atoms with Gasteiger partial charge in [0, 0.05) is 17.5 Å². The molecule has 12 heavy (non-hydrogen) atoms. The predicted octanol–water partition coefficient (Wildman–Crippen LogP) is 0.249. The lowest BCUT2D eigenvalue weighted by atomic mass is 10.1. The van der Waals surface area contributed by atoms with Crippen molar-refractivity contribution in [1.82, 2.24) is 4.98 Å². The molecule has 0 saturated heterocycles. The number of rotatable bonds is 0. The Bertz CT molecular complexity index is 395. The molecule has 0 aromatic carbocycles. The highest BCUT2D eigenvalue weighted by Crippen LogP contribution is 2.16. The van der Waals surface area contributed by atoms with Crippen molar-refractivity contribution in [3.05, 3.63) is 29.1 Å². The molecule has 4 nitrogen and oxygen atoms in total. The minimum atomic E-state index is -0.270. The van der Waals surface area contributed by atoms with Crippen LogP contribution < -0.4 is 5.73 Å². The van der Waals surface area contributed by atoms with Crippen LogP contribution in [0, 0.1) is 6.92 Å². The van der Waals surface area contributed by atoms with E-state index in [1.54, 1.807) is 12.3 Å². The second kappa shape index (κ2) is 2.14. The van der Waals surface area contributed by atoms with Gasteiger partial charge in [-0.3, -0.25) is 9.78 Å². The van der Waals surface area contributed by atoms with Crippen molar-refractivity contribution in [2.24, 2.45) is 10.7 Å². The molecule has 2 rings (SSSR count). The lowest BCUT2D eigenvalue weighted by Gasteiger charge is -1.96. The second-order valence-electron chi connectivity index (χ2n) is 2.67. The third kappa shape index (κ3) is 0.812. The third-order valence-corrected chi connectivity index (χ3v) is 1.77. The summed E-state index contributed by atoms with van der Waals surface area (Å²) in [5.74, 6) is -0.00417. The zero-order chi connectivity index (χ0) is 8.72. The van der Waals surface area contributed by atoms with E-state index in [1.807, 2.05) is 6.92 Å². The minimum absolute atomic E-state index is 0.266. The van der Waals surface area contributed by atoms with Gasteiger partial charge in [0.05, 0.1) is 5.56 Å². The van der Waals surface area contributed by atoms with Crippen LogP contribution in [-0.4, -0.2) is 16.7 Å². The highest BCUT2D eigenvalue weighted by molar-refractivity contribution is 6.19. The first-order chi connectivity index (χ1) is 5.68. The number of hydrogen-bond donors (Lipinski definition) is 1. The highest BCUT2D eigenvalue weighted by Gasteiger charge is 2.21. The van der Waals surface area contributed by atoms with Crippen LogP contribution in [0.3, 0.4) is 0 Å². The Morgan fingerprint density at radius 1 is 1.42 bits per heavy atom.